The van der Waals surface area contributed by atoms with Crippen molar-refractivity contribution in [2.45, 2.75) is 18.2 Å². The summed E-state index contributed by atoms with van der Waals surface area (Å²) in [5.41, 5.74) is 3.88. The van der Waals surface area contributed by atoms with E-state index in [4.69, 9.17) is 10.5 Å². The smallest absolute Gasteiger partial charge is 0.268 e. The summed E-state index contributed by atoms with van der Waals surface area (Å²) >= 11 is 0. The van der Waals surface area contributed by atoms with Crippen molar-refractivity contribution in [2.24, 2.45) is 5.73 Å². The first kappa shape index (κ1) is 11.1. The largest absolute Gasteiger partial charge is 0.391 e. The number of aromatic nitrogens is 2. The summed E-state index contributed by atoms with van der Waals surface area (Å²) in [4.78, 5) is 14.7. The number of amides is 1. The number of aliphatic hydroxyl groups is 2. The molecule has 1 fully saturated rings. The lowest BCUT2D eigenvalue weighted by atomic mass is 10.1. The van der Waals surface area contributed by atoms with Crippen LogP contribution in [0.25, 0.3) is 0 Å². The van der Waals surface area contributed by atoms with Gasteiger partial charge in [0.05, 0.1) is 19.5 Å². The summed E-state index contributed by atoms with van der Waals surface area (Å²) in [6.07, 6.45) is 2.25. The minimum absolute atomic E-state index is 0.0653. The maximum Gasteiger partial charge on any atom is 0.268 e. The summed E-state index contributed by atoms with van der Waals surface area (Å²) in [6.45, 7) is -0.0610. The Morgan fingerprint density at radius 3 is 3.00 bits per heavy atom. The van der Waals surface area contributed by atoms with Gasteiger partial charge in [-0.25, -0.2) is 4.98 Å². The molecule has 88 valence electrons. The van der Waals surface area contributed by atoms with Gasteiger partial charge in [0.15, 0.2) is 5.72 Å². The van der Waals surface area contributed by atoms with Crippen molar-refractivity contribution >= 4 is 5.91 Å². The lowest BCUT2D eigenvalue weighted by Gasteiger charge is -2.30. The van der Waals surface area contributed by atoms with Gasteiger partial charge in [-0.3, -0.25) is 4.79 Å². The molecule has 0 radical (unpaired) electrons. The second kappa shape index (κ2) is 3.85. The highest BCUT2D eigenvalue weighted by Gasteiger charge is 2.45. The molecule has 0 unspecified atom stereocenters. The van der Waals surface area contributed by atoms with Crippen molar-refractivity contribution in [1.29, 1.82) is 0 Å². The molecule has 4 N–H and O–H groups in total. The number of carbonyl (C=O) groups is 1. The van der Waals surface area contributed by atoms with Crippen LogP contribution in [0.5, 0.6) is 0 Å². The quantitative estimate of drug-likeness (QED) is 0.576. The van der Waals surface area contributed by atoms with E-state index in [-0.39, 0.29) is 5.69 Å². The molecular formula is C9H13N3O4. The zero-order valence-electron chi connectivity index (χ0n) is 8.54. The number of nitrogens with zero attached hydrogens (tertiary/aromatic N) is 2. The minimum atomic E-state index is -1.25. The molecule has 1 aromatic heterocycles. The Balaban J connectivity index is 2.36. The maximum atomic E-state index is 10.9. The van der Waals surface area contributed by atoms with Crippen molar-refractivity contribution in [2.75, 3.05) is 13.2 Å². The number of nitrogens with two attached hydrogens (primary N) is 1. The molecule has 1 aromatic rings. The first-order chi connectivity index (χ1) is 7.60. The Morgan fingerprint density at radius 1 is 1.81 bits per heavy atom. The summed E-state index contributed by atoms with van der Waals surface area (Å²) < 4.78 is 6.73. The zero-order chi connectivity index (χ0) is 11.8. The predicted octanol–water partition coefficient (Wildman–Crippen LogP) is -1.59. The Labute approximate surface area is 91.5 Å². The van der Waals surface area contributed by atoms with Gasteiger partial charge in [0.1, 0.15) is 11.8 Å². The number of carbonyl (C=O) groups excluding carboxylic acids is 1. The second-order valence-corrected chi connectivity index (χ2v) is 3.69. The number of imidazole rings is 1. The summed E-state index contributed by atoms with van der Waals surface area (Å²) in [7, 11) is 0. The van der Waals surface area contributed by atoms with Gasteiger partial charge in [0.25, 0.3) is 5.91 Å². The predicted molar refractivity (Wildman–Crippen MR) is 52.4 cm³/mol. The lowest BCUT2D eigenvalue weighted by Crippen LogP contribution is -2.45. The Morgan fingerprint density at radius 2 is 2.56 bits per heavy atom. The van der Waals surface area contributed by atoms with Crippen LogP contribution < -0.4 is 5.73 Å². The van der Waals surface area contributed by atoms with E-state index < -0.39 is 24.3 Å². The fourth-order valence-corrected chi connectivity index (χ4v) is 1.81. The fraction of sp³-hybridized carbons (Fsp3) is 0.556. The normalized spacial score (nSPS) is 29.5. The molecule has 2 rings (SSSR count). The van der Waals surface area contributed by atoms with E-state index in [1.54, 1.807) is 0 Å². The van der Waals surface area contributed by atoms with Gasteiger partial charge in [0, 0.05) is 12.6 Å². The molecule has 0 spiro atoms. The first-order valence-electron chi connectivity index (χ1n) is 4.87. The van der Waals surface area contributed by atoms with Crippen LogP contribution in [-0.4, -0.2) is 45.0 Å². The van der Waals surface area contributed by atoms with Gasteiger partial charge in [-0.05, 0) is 0 Å². The molecule has 1 saturated heterocycles. The molecule has 0 bridgehead atoms. The number of primary amides is 1. The zero-order valence-corrected chi connectivity index (χ0v) is 8.54. The van der Waals surface area contributed by atoms with Crippen molar-refractivity contribution < 1.29 is 19.7 Å². The summed E-state index contributed by atoms with van der Waals surface area (Å²) in [5, 5.41) is 19.1. The SMILES string of the molecule is NC(=O)c1cn([C@@]2(CO)OCC[C@@H]2O)cn1. The molecule has 0 aromatic carbocycles. The lowest BCUT2D eigenvalue weighted by molar-refractivity contribution is -0.148. The molecule has 7 nitrogen and oxygen atoms in total. The average molecular weight is 227 g/mol. The Kier molecular flexibility index (Phi) is 2.66. The number of aliphatic hydroxyl groups excluding tert-OH is 2. The van der Waals surface area contributed by atoms with Crippen LogP contribution in [0, 0.1) is 0 Å². The molecule has 0 aliphatic carbocycles. The van der Waals surface area contributed by atoms with Crippen molar-refractivity contribution in [3.63, 3.8) is 0 Å². The molecule has 0 saturated carbocycles. The van der Waals surface area contributed by atoms with Crippen LogP contribution >= 0.6 is 0 Å². The van der Waals surface area contributed by atoms with Crippen LogP contribution in [0.2, 0.25) is 0 Å². The molecule has 2 heterocycles. The summed E-state index contributed by atoms with van der Waals surface area (Å²) in [5.74, 6) is -0.667. The molecule has 7 heteroatoms. The van der Waals surface area contributed by atoms with E-state index >= 15 is 0 Å². The molecule has 1 aliphatic rings. The van der Waals surface area contributed by atoms with Crippen molar-refractivity contribution in [1.82, 2.24) is 9.55 Å². The van der Waals surface area contributed by atoms with Crippen LogP contribution in [0.3, 0.4) is 0 Å². The highest BCUT2D eigenvalue weighted by Crippen LogP contribution is 2.30. The average Bonchev–Trinajstić information content (AvgIpc) is 2.84. The van der Waals surface area contributed by atoms with Crippen molar-refractivity contribution in [3.05, 3.63) is 18.2 Å². The van der Waals surface area contributed by atoms with Gasteiger partial charge in [-0.1, -0.05) is 0 Å². The number of ether oxygens (including phenoxy) is 1. The van der Waals surface area contributed by atoms with Crippen LogP contribution in [-0.2, 0) is 10.5 Å². The number of rotatable bonds is 3. The van der Waals surface area contributed by atoms with Crippen LogP contribution in [0.4, 0.5) is 0 Å². The second-order valence-electron chi connectivity index (χ2n) is 3.69. The molecular weight excluding hydrogens is 214 g/mol. The van der Waals surface area contributed by atoms with E-state index in [9.17, 15) is 15.0 Å². The van der Waals surface area contributed by atoms with Crippen LogP contribution in [0.15, 0.2) is 12.5 Å². The minimum Gasteiger partial charge on any atom is -0.391 e. The van der Waals surface area contributed by atoms with E-state index in [1.807, 2.05) is 0 Å². The van der Waals surface area contributed by atoms with Gasteiger partial charge >= 0.3 is 0 Å². The monoisotopic (exact) mass is 227 g/mol. The van der Waals surface area contributed by atoms with Gasteiger partial charge in [0.2, 0.25) is 0 Å². The highest BCUT2D eigenvalue weighted by molar-refractivity contribution is 5.90. The topological polar surface area (TPSA) is 111 Å². The fourth-order valence-electron chi connectivity index (χ4n) is 1.81. The molecule has 2 atom stereocenters. The molecule has 1 aliphatic heterocycles. The third-order valence-electron chi connectivity index (χ3n) is 2.76. The maximum absolute atomic E-state index is 10.9. The van der Waals surface area contributed by atoms with Gasteiger partial charge in [-0.2, -0.15) is 0 Å². The highest BCUT2D eigenvalue weighted by atomic mass is 16.5. The van der Waals surface area contributed by atoms with Gasteiger partial charge in [-0.15, -0.1) is 0 Å². The molecule has 16 heavy (non-hydrogen) atoms. The number of hydrogen-bond acceptors (Lipinski definition) is 5. The first-order valence-corrected chi connectivity index (χ1v) is 4.87. The number of hydrogen-bond donors (Lipinski definition) is 3. The van der Waals surface area contributed by atoms with E-state index in [0.717, 1.165) is 0 Å². The van der Waals surface area contributed by atoms with E-state index in [0.29, 0.717) is 13.0 Å². The third-order valence-corrected chi connectivity index (χ3v) is 2.76. The van der Waals surface area contributed by atoms with Crippen LogP contribution in [0.1, 0.15) is 16.9 Å². The Bertz CT molecular complexity index is 405. The van der Waals surface area contributed by atoms with E-state index in [2.05, 4.69) is 4.98 Å². The third kappa shape index (κ3) is 1.49. The summed E-state index contributed by atoms with van der Waals surface area (Å²) in [6, 6.07) is 0. The molecule has 1 amide bonds. The standard InChI is InChI=1S/C9H13N3O4/c10-8(15)6-3-12(5-11-6)9(4-13)7(14)1-2-16-9/h3,5,7,13-14H,1-2,4H2,(H2,10,15)/t7-,9-/m0/s1. The van der Waals surface area contributed by atoms with Gasteiger partial charge < -0.3 is 25.3 Å². The van der Waals surface area contributed by atoms with Crippen molar-refractivity contribution in [3.8, 4) is 0 Å². The van der Waals surface area contributed by atoms with E-state index in [1.165, 1.54) is 17.1 Å². The Hall–Kier alpha value is -1.44.